The molecule has 0 bridgehead atoms. The van der Waals surface area contributed by atoms with E-state index in [1.807, 2.05) is 22.6 Å². The Balaban J connectivity index is 1.94. The van der Waals surface area contributed by atoms with Crippen molar-refractivity contribution in [2.45, 2.75) is 6.42 Å². The third-order valence-electron chi connectivity index (χ3n) is 3.47. The molecule has 2 aromatic rings. The average molecular weight is 497 g/mol. The average Bonchev–Trinajstić information content (AvgIpc) is 2.67. The number of benzene rings is 2. The molecule has 0 saturated carbocycles. The smallest absolute Gasteiger partial charge is 0.343 e. The Morgan fingerprint density at radius 2 is 2.04 bits per heavy atom. The predicted octanol–water partition coefficient (Wildman–Crippen LogP) is 2.44. The molecule has 9 nitrogen and oxygen atoms in total. The lowest BCUT2D eigenvalue weighted by atomic mass is 10.1. The standard InChI is InChI=1S/C18H16IN3O6/c1-27-18(24)11-28-16-7-6-12(8-14(16)19)10-20-21-17(23)9-13-4-2-3-5-15(13)22(25)26/h2-8,10H,9,11H2,1H3,(H,21,23). The number of nitrogens with zero attached hydrogens (tertiary/aromatic N) is 2. The molecule has 0 aromatic heterocycles. The van der Waals surface area contributed by atoms with Gasteiger partial charge in [0.2, 0.25) is 5.91 Å². The summed E-state index contributed by atoms with van der Waals surface area (Å²) in [6, 6.07) is 11.2. The second kappa shape index (κ2) is 10.3. The van der Waals surface area contributed by atoms with Gasteiger partial charge >= 0.3 is 5.97 Å². The molecule has 2 aromatic carbocycles. The van der Waals surface area contributed by atoms with E-state index in [0.717, 1.165) is 3.57 Å². The first-order chi connectivity index (χ1) is 13.4. The minimum absolute atomic E-state index is 0.112. The number of nitro groups is 1. The molecule has 0 atom stereocenters. The monoisotopic (exact) mass is 497 g/mol. The van der Waals surface area contributed by atoms with Gasteiger partial charge in [0.1, 0.15) is 5.75 Å². The van der Waals surface area contributed by atoms with E-state index >= 15 is 0 Å². The fourth-order valence-electron chi connectivity index (χ4n) is 2.14. The highest BCUT2D eigenvalue weighted by Gasteiger charge is 2.15. The van der Waals surface area contributed by atoms with E-state index in [4.69, 9.17) is 4.74 Å². The molecule has 0 saturated heterocycles. The molecular weight excluding hydrogens is 481 g/mol. The molecule has 0 unspecified atom stereocenters. The normalized spacial score (nSPS) is 10.5. The van der Waals surface area contributed by atoms with E-state index in [0.29, 0.717) is 16.9 Å². The molecule has 0 radical (unpaired) electrons. The van der Waals surface area contributed by atoms with Crippen molar-refractivity contribution in [2.24, 2.45) is 5.10 Å². The number of halogens is 1. The van der Waals surface area contributed by atoms with Gasteiger partial charge in [0.25, 0.3) is 5.69 Å². The van der Waals surface area contributed by atoms with E-state index in [9.17, 15) is 19.7 Å². The molecule has 1 N–H and O–H groups in total. The molecule has 2 rings (SSSR count). The number of nitrogens with one attached hydrogen (secondary N) is 1. The molecule has 0 aliphatic heterocycles. The minimum Gasteiger partial charge on any atom is -0.481 e. The molecule has 0 fully saturated rings. The summed E-state index contributed by atoms with van der Waals surface area (Å²) in [6.45, 7) is -0.193. The van der Waals surface area contributed by atoms with Gasteiger partial charge in [-0.25, -0.2) is 10.2 Å². The van der Waals surface area contributed by atoms with Gasteiger partial charge in [-0.2, -0.15) is 5.10 Å². The number of rotatable bonds is 8. The summed E-state index contributed by atoms with van der Waals surface area (Å²) in [6.07, 6.45) is 1.27. The first-order valence-electron chi connectivity index (χ1n) is 7.94. The van der Waals surface area contributed by atoms with E-state index in [1.54, 1.807) is 24.3 Å². The van der Waals surface area contributed by atoms with Gasteiger partial charge in [0.05, 0.1) is 28.2 Å². The molecule has 28 heavy (non-hydrogen) atoms. The predicted molar refractivity (Wildman–Crippen MR) is 109 cm³/mol. The minimum atomic E-state index is -0.530. The van der Waals surface area contributed by atoms with Crippen LogP contribution in [0.15, 0.2) is 47.6 Å². The Bertz CT molecular complexity index is 916. The number of hydrogen-bond donors (Lipinski definition) is 1. The third-order valence-corrected chi connectivity index (χ3v) is 4.31. The number of nitro benzene ring substituents is 1. The highest BCUT2D eigenvalue weighted by atomic mass is 127. The van der Waals surface area contributed by atoms with E-state index in [2.05, 4.69) is 15.3 Å². The number of hydrazone groups is 1. The first-order valence-corrected chi connectivity index (χ1v) is 9.02. The van der Waals surface area contributed by atoms with Gasteiger partial charge in [-0.1, -0.05) is 18.2 Å². The fourth-order valence-corrected chi connectivity index (χ4v) is 2.83. The quantitative estimate of drug-likeness (QED) is 0.197. The number of methoxy groups -OCH3 is 1. The first kappa shape index (κ1) is 21.3. The van der Waals surface area contributed by atoms with Gasteiger partial charge < -0.3 is 9.47 Å². The second-order valence-corrected chi connectivity index (χ2v) is 6.57. The van der Waals surface area contributed by atoms with Crippen LogP contribution in [-0.4, -0.2) is 36.7 Å². The van der Waals surface area contributed by atoms with Crippen LogP contribution in [-0.2, 0) is 20.7 Å². The highest BCUT2D eigenvalue weighted by molar-refractivity contribution is 14.1. The maximum atomic E-state index is 12.0. The maximum Gasteiger partial charge on any atom is 0.343 e. The van der Waals surface area contributed by atoms with Crippen molar-refractivity contribution in [3.05, 3.63) is 67.3 Å². The summed E-state index contributed by atoms with van der Waals surface area (Å²) < 4.78 is 10.6. The highest BCUT2D eigenvalue weighted by Crippen LogP contribution is 2.21. The summed E-state index contributed by atoms with van der Waals surface area (Å²) in [5.41, 5.74) is 3.23. The van der Waals surface area contributed by atoms with Crippen LogP contribution < -0.4 is 10.2 Å². The van der Waals surface area contributed by atoms with Crippen molar-refractivity contribution in [3.8, 4) is 5.75 Å². The van der Waals surface area contributed by atoms with Crippen LogP contribution in [0.5, 0.6) is 5.75 Å². The molecule has 0 spiro atoms. The lowest BCUT2D eigenvalue weighted by Crippen LogP contribution is -2.20. The van der Waals surface area contributed by atoms with Gasteiger partial charge in [0, 0.05) is 11.6 Å². The van der Waals surface area contributed by atoms with Gasteiger partial charge in [-0.3, -0.25) is 14.9 Å². The molecule has 1 amide bonds. The van der Waals surface area contributed by atoms with Crippen molar-refractivity contribution < 1.29 is 24.0 Å². The van der Waals surface area contributed by atoms with E-state index in [-0.39, 0.29) is 18.7 Å². The molecule has 0 heterocycles. The van der Waals surface area contributed by atoms with Crippen molar-refractivity contribution in [1.82, 2.24) is 5.43 Å². The Labute approximate surface area is 174 Å². The van der Waals surface area contributed by atoms with Gasteiger partial charge in [-0.05, 0) is 46.4 Å². The zero-order valence-corrected chi connectivity index (χ0v) is 16.9. The van der Waals surface area contributed by atoms with Crippen molar-refractivity contribution in [3.63, 3.8) is 0 Å². The summed E-state index contributed by atoms with van der Waals surface area (Å²) in [5, 5.41) is 14.8. The number of hydrogen-bond acceptors (Lipinski definition) is 7. The molecule has 146 valence electrons. The fraction of sp³-hybridized carbons (Fsp3) is 0.167. The molecular formula is C18H16IN3O6. The van der Waals surface area contributed by atoms with Crippen LogP contribution in [0.2, 0.25) is 0 Å². The summed E-state index contributed by atoms with van der Waals surface area (Å²) in [7, 11) is 1.28. The summed E-state index contributed by atoms with van der Waals surface area (Å²) >= 11 is 2.04. The molecule has 10 heteroatoms. The molecule has 0 aliphatic carbocycles. The number of ether oxygens (including phenoxy) is 2. The van der Waals surface area contributed by atoms with Crippen LogP contribution in [0.3, 0.4) is 0 Å². The Morgan fingerprint density at radius 3 is 2.71 bits per heavy atom. The Hall–Kier alpha value is -3.02. The SMILES string of the molecule is COC(=O)COc1ccc(C=NNC(=O)Cc2ccccc2[N+](=O)[O-])cc1I. The zero-order chi connectivity index (χ0) is 20.5. The number of carbonyl (C=O) groups excluding carboxylic acids is 2. The lowest BCUT2D eigenvalue weighted by molar-refractivity contribution is -0.385. The van der Waals surface area contributed by atoms with Gasteiger partial charge in [-0.15, -0.1) is 0 Å². The van der Waals surface area contributed by atoms with E-state index in [1.165, 1.54) is 31.5 Å². The van der Waals surface area contributed by atoms with Crippen LogP contribution in [0.25, 0.3) is 0 Å². The number of carbonyl (C=O) groups is 2. The number of amides is 1. The zero-order valence-electron chi connectivity index (χ0n) is 14.8. The maximum absolute atomic E-state index is 12.0. The van der Waals surface area contributed by atoms with Crippen LogP contribution in [0.1, 0.15) is 11.1 Å². The third kappa shape index (κ3) is 6.30. The molecule has 0 aliphatic rings. The van der Waals surface area contributed by atoms with Crippen LogP contribution in [0.4, 0.5) is 5.69 Å². The lowest BCUT2D eigenvalue weighted by Gasteiger charge is -2.07. The van der Waals surface area contributed by atoms with Crippen LogP contribution >= 0.6 is 22.6 Å². The van der Waals surface area contributed by atoms with Crippen LogP contribution in [0, 0.1) is 13.7 Å². The number of esters is 1. The van der Waals surface area contributed by atoms with Crippen molar-refractivity contribution >= 4 is 46.4 Å². The largest absolute Gasteiger partial charge is 0.481 e. The summed E-state index contributed by atoms with van der Waals surface area (Å²) in [4.78, 5) is 33.5. The van der Waals surface area contributed by atoms with Crippen molar-refractivity contribution in [1.29, 1.82) is 0 Å². The van der Waals surface area contributed by atoms with Gasteiger partial charge in [0.15, 0.2) is 6.61 Å². The number of para-hydroxylation sites is 1. The second-order valence-electron chi connectivity index (χ2n) is 5.41. The topological polar surface area (TPSA) is 120 Å². The van der Waals surface area contributed by atoms with Crippen molar-refractivity contribution in [2.75, 3.05) is 13.7 Å². The summed E-state index contributed by atoms with van der Waals surface area (Å²) in [5.74, 6) is -0.440. The Kier molecular flexibility index (Phi) is 7.87. The van der Waals surface area contributed by atoms with E-state index < -0.39 is 16.8 Å². The Morgan fingerprint density at radius 1 is 1.29 bits per heavy atom.